The third kappa shape index (κ3) is 2.26. The molecule has 1 aromatic rings. The van der Waals surface area contributed by atoms with Crippen LogP contribution in [0.25, 0.3) is 0 Å². The molecule has 0 amide bonds. The first kappa shape index (κ1) is 13.4. The van der Waals surface area contributed by atoms with Gasteiger partial charge in [0.25, 0.3) is 5.92 Å². The fraction of sp³-hybridized carbons (Fsp3) is 0.400. The number of phenolic OH excluding ortho intramolecular Hbond substituents is 1. The minimum Gasteiger partial charge on any atom is -0.508 e. The van der Waals surface area contributed by atoms with E-state index in [4.69, 9.17) is 0 Å². The van der Waals surface area contributed by atoms with Crippen LogP contribution in [0.5, 0.6) is 5.75 Å². The zero-order chi connectivity index (χ0) is 13.7. The van der Waals surface area contributed by atoms with Gasteiger partial charge in [0, 0.05) is 22.4 Å². The van der Waals surface area contributed by atoms with Gasteiger partial charge < -0.3 is 10.2 Å². The van der Waals surface area contributed by atoms with E-state index in [9.17, 15) is 32.2 Å². The summed E-state index contributed by atoms with van der Waals surface area (Å²) in [5.41, 5.74) is -5.52. The summed E-state index contributed by atoms with van der Waals surface area (Å²) in [5.74, 6) is -4.10. The molecule has 0 fully saturated rings. The molecule has 1 unspecified atom stereocenters. The van der Waals surface area contributed by atoms with Crippen LogP contribution in [0.4, 0.5) is 22.0 Å². The molecule has 0 heterocycles. The molecule has 8 heteroatoms. The van der Waals surface area contributed by atoms with Crippen molar-refractivity contribution in [1.82, 2.24) is 0 Å². The van der Waals surface area contributed by atoms with Crippen molar-refractivity contribution in [2.75, 3.05) is 0 Å². The molecule has 18 heavy (non-hydrogen) atoms. The van der Waals surface area contributed by atoms with Gasteiger partial charge in [-0.1, -0.05) is 0 Å². The number of aliphatic hydroxyl groups excluding tert-OH is 1. The Bertz CT molecular complexity index is 486. The average Bonchev–Trinajstić information content (AvgIpc) is 2.43. The first-order chi connectivity index (χ1) is 8.12. The zero-order valence-corrected chi connectivity index (χ0v) is 9.45. The first-order valence-corrected chi connectivity index (χ1v) is 5.60. The van der Waals surface area contributed by atoms with E-state index in [0.717, 1.165) is 12.1 Å². The maximum absolute atomic E-state index is 13.3. The number of hydrogen-bond acceptors (Lipinski definition) is 3. The van der Waals surface area contributed by atoms with Crippen molar-refractivity contribution in [1.29, 1.82) is 0 Å². The lowest BCUT2D eigenvalue weighted by atomic mass is 10.1. The van der Waals surface area contributed by atoms with E-state index in [0.29, 0.717) is 0 Å². The Kier molecular flexibility index (Phi) is 2.97. The fourth-order valence-corrected chi connectivity index (χ4v) is 2.60. The zero-order valence-electron chi connectivity index (χ0n) is 8.63. The van der Waals surface area contributed by atoms with Crippen molar-refractivity contribution in [3.8, 4) is 5.75 Å². The fourth-order valence-electron chi connectivity index (χ4n) is 1.87. The molecule has 0 saturated heterocycles. The number of benzene rings is 1. The normalized spacial score (nSPS) is 22.0. The average molecular weight is 286 g/mol. The van der Waals surface area contributed by atoms with E-state index in [1.54, 1.807) is 0 Å². The molecule has 0 radical (unpaired) electrons. The quantitative estimate of drug-likeness (QED) is 0.615. The second kappa shape index (κ2) is 3.99. The standard InChI is InChI=1S/C10H7F5O2S/c11-9(12)3-4-5(16)1-2-6(7(4)8(9)17)18-10(13,14)15/h1-2,8,16-17H,3H2. The summed E-state index contributed by atoms with van der Waals surface area (Å²) in [6, 6.07) is 1.79. The predicted molar refractivity (Wildman–Crippen MR) is 53.6 cm³/mol. The third-order valence-electron chi connectivity index (χ3n) is 2.60. The Balaban J connectivity index is 2.52. The van der Waals surface area contributed by atoms with Gasteiger partial charge in [-0.3, -0.25) is 0 Å². The Morgan fingerprint density at radius 2 is 1.89 bits per heavy atom. The maximum atomic E-state index is 13.3. The second-order valence-electron chi connectivity index (χ2n) is 3.86. The predicted octanol–water partition coefficient (Wildman–Crippen LogP) is 3.23. The van der Waals surface area contributed by atoms with E-state index in [1.165, 1.54) is 0 Å². The summed E-state index contributed by atoms with van der Waals surface area (Å²) in [4.78, 5) is -0.514. The molecule has 1 aromatic carbocycles. The SMILES string of the molecule is Oc1ccc(SC(F)(F)F)c2c1CC(F)(F)C2O. The van der Waals surface area contributed by atoms with E-state index < -0.39 is 51.9 Å². The number of phenols is 1. The molecule has 1 atom stereocenters. The van der Waals surface area contributed by atoms with Crippen LogP contribution in [0.1, 0.15) is 17.2 Å². The van der Waals surface area contributed by atoms with Crippen molar-refractivity contribution in [2.24, 2.45) is 0 Å². The number of alkyl halides is 5. The van der Waals surface area contributed by atoms with Gasteiger partial charge >= 0.3 is 5.51 Å². The van der Waals surface area contributed by atoms with Gasteiger partial charge in [0.2, 0.25) is 0 Å². The van der Waals surface area contributed by atoms with Crippen molar-refractivity contribution >= 4 is 11.8 Å². The summed E-state index contributed by atoms with van der Waals surface area (Å²) >= 11 is -0.585. The topological polar surface area (TPSA) is 40.5 Å². The Morgan fingerprint density at radius 1 is 1.28 bits per heavy atom. The summed E-state index contributed by atoms with van der Waals surface area (Å²) in [7, 11) is 0. The van der Waals surface area contributed by atoms with Gasteiger partial charge in [0.1, 0.15) is 11.9 Å². The van der Waals surface area contributed by atoms with Crippen molar-refractivity contribution in [3.63, 3.8) is 0 Å². The largest absolute Gasteiger partial charge is 0.508 e. The van der Waals surface area contributed by atoms with E-state index >= 15 is 0 Å². The molecule has 1 aliphatic rings. The molecule has 0 saturated carbocycles. The maximum Gasteiger partial charge on any atom is 0.446 e. The number of aromatic hydroxyl groups is 1. The van der Waals surface area contributed by atoms with Crippen LogP contribution in [-0.2, 0) is 6.42 Å². The number of aliphatic hydroxyl groups is 1. The first-order valence-electron chi connectivity index (χ1n) is 4.78. The van der Waals surface area contributed by atoms with Crippen molar-refractivity contribution in [3.05, 3.63) is 23.3 Å². The molecule has 2 rings (SSSR count). The molecule has 2 N–H and O–H groups in total. The van der Waals surface area contributed by atoms with E-state index in [2.05, 4.69) is 0 Å². The molecule has 0 spiro atoms. The van der Waals surface area contributed by atoms with E-state index in [1.807, 2.05) is 0 Å². The minimum absolute atomic E-state index is 0.332. The highest BCUT2D eigenvalue weighted by molar-refractivity contribution is 8.00. The van der Waals surface area contributed by atoms with Gasteiger partial charge in [-0.25, -0.2) is 8.78 Å². The number of hydrogen-bond donors (Lipinski definition) is 2. The minimum atomic E-state index is -4.65. The molecular weight excluding hydrogens is 279 g/mol. The lowest BCUT2D eigenvalue weighted by Gasteiger charge is -2.16. The molecule has 2 nitrogen and oxygen atoms in total. The summed E-state index contributed by atoms with van der Waals surface area (Å²) in [5, 5.41) is 18.7. The van der Waals surface area contributed by atoms with Gasteiger partial charge in [0.15, 0.2) is 0 Å². The van der Waals surface area contributed by atoms with Gasteiger partial charge in [-0.15, -0.1) is 0 Å². The van der Waals surface area contributed by atoms with Gasteiger partial charge in [-0.05, 0) is 23.9 Å². The molecule has 1 aliphatic carbocycles. The van der Waals surface area contributed by atoms with Crippen LogP contribution >= 0.6 is 11.8 Å². The summed E-state index contributed by atoms with van der Waals surface area (Å²) in [6.07, 6.45) is -3.30. The van der Waals surface area contributed by atoms with Gasteiger partial charge in [-0.2, -0.15) is 13.2 Å². The van der Waals surface area contributed by atoms with Crippen LogP contribution in [0.2, 0.25) is 0 Å². The number of halogens is 5. The van der Waals surface area contributed by atoms with Crippen molar-refractivity contribution in [2.45, 2.75) is 28.9 Å². The Hall–Kier alpha value is -1.02. The van der Waals surface area contributed by atoms with Gasteiger partial charge in [0.05, 0.1) is 0 Å². The number of fused-ring (bicyclic) bond motifs is 1. The lowest BCUT2D eigenvalue weighted by molar-refractivity contribution is -0.0977. The highest BCUT2D eigenvalue weighted by Gasteiger charge is 2.50. The third-order valence-corrected chi connectivity index (χ3v) is 3.41. The highest BCUT2D eigenvalue weighted by Crippen LogP contribution is 2.51. The number of rotatable bonds is 1. The monoisotopic (exact) mass is 286 g/mol. The van der Waals surface area contributed by atoms with Crippen LogP contribution < -0.4 is 0 Å². The van der Waals surface area contributed by atoms with Crippen LogP contribution in [0, 0.1) is 0 Å². The Morgan fingerprint density at radius 3 is 2.44 bits per heavy atom. The lowest BCUT2D eigenvalue weighted by Crippen LogP contribution is -2.21. The molecule has 0 bridgehead atoms. The molecule has 100 valence electrons. The highest BCUT2D eigenvalue weighted by atomic mass is 32.2. The van der Waals surface area contributed by atoms with Crippen LogP contribution in [0.3, 0.4) is 0 Å². The molecular formula is C10H7F5O2S. The Labute approximate surface area is 102 Å². The smallest absolute Gasteiger partial charge is 0.446 e. The summed E-state index contributed by atoms with van der Waals surface area (Å²) in [6.45, 7) is 0. The van der Waals surface area contributed by atoms with Crippen LogP contribution in [-0.4, -0.2) is 21.6 Å². The summed E-state index contributed by atoms with van der Waals surface area (Å²) < 4.78 is 63.3. The van der Waals surface area contributed by atoms with E-state index in [-0.39, 0.29) is 5.56 Å². The van der Waals surface area contributed by atoms with Crippen molar-refractivity contribution < 1.29 is 32.2 Å². The second-order valence-corrected chi connectivity index (χ2v) is 4.97. The molecule has 0 aromatic heterocycles. The van der Waals surface area contributed by atoms with Crippen LogP contribution in [0.15, 0.2) is 17.0 Å². The number of thioether (sulfide) groups is 1. The molecule has 0 aliphatic heterocycles.